The second-order valence-electron chi connectivity index (χ2n) is 7.11. The minimum Gasteiger partial charge on any atom is -0.496 e. The molecule has 0 unspecified atom stereocenters. The number of nitrogens with zero attached hydrogens (tertiary/aromatic N) is 3. The molecule has 2 aromatic carbocycles. The fraction of sp³-hybridized carbons (Fsp3) is 0.0870. The van der Waals surface area contributed by atoms with E-state index in [0.29, 0.717) is 16.3 Å². The first-order chi connectivity index (χ1) is 16.7. The third kappa shape index (κ3) is 5.36. The molecule has 0 saturated carbocycles. The van der Waals surface area contributed by atoms with Gasteiger partial charge in [-0.2, -0.15) is 0 Å². The van der Waals surface area contributed by atoms with Crippen LogP contribution in [-0.4, -0.2) is 33.3 Å². The zero-order valence-electron chi connectivity index (χ0n) is 18.2. The average molecular weight is 514 g/mol. The molecule has 2 heterocycles. The number of aromatic nitrogens is 2. The van der Waals surface area contributed by atoms with E-state index in [1.165, 1.54) is 31.4 Å². The number of rotatable bonds is 8. The number of carboxylic acid groups (broad SMARTS) is 1. The second kappa shape index (κ2) is 10.0. The molecule has 2 aromatic heterocycles. The summed E-state index contributed by atoms with van der Waals surface area (Å²) in [6.45, 7) is 1.74. The number of thioether (sulfide) groups is 1. The summed E-state index contributed by atoms with van der Waals surface area (Å²) in [6.07, 6.45) is 1.26. The van der Waals surface area contributed by atoms with Gasteiger partial charge in [-0.3, -0.25) is 10.1 Å². The van der Waals surface area contributed by atoms with Crippen molar-refractivity contribution >= 4 is 41.1 Å². The van der Waals surface area contributed by atoms with Gasteiger partial charge in [0.25, 0.3) is 16.8 Å². The smallest absolute Gasteiger partial charge is 0.342 e. The molecule has 0 bridgehead atoms. The van der Waals surface area contributed by atoms with E-state index in [1.54, 1.807) is 37.3 Å². The number of nitro benzene ring substituents is 1. The van der Waals surface area contributed by atoms with E-state index in [0.717, 1.165) is 17.3 Å². The first kappa shape index (κ1) is 24.0. The van der Waals surface area contributed by atoms with Crippen molar-refractivity contribution in [3.8, 4) is 28.5 Å². The monoisotopic (exact) mass is 513 g/mol. The lowest BCUT2D eigenvalue weighted by atomic mass is 10.1. The van der Waals surface area contributed by atoms with Crippen molar-refractivity contribution in [2.24, 2.45) is 0 Å². The number of aryl methyl sites for hydroxylation is 1. The van der Waals surface area contributed by atoms with E-state index in [4.69, 9.17) is 25.2 Å². The van der Waals surface area contributed by atoms with Crippen molar-refractivity contribution in [1.82, 2.24) is 10.2 Å². The first-order valence-electron chi connectivity index (χ1n) is 9.90. The molecule has 1 N–H and O–H groups in total. The third-order valence-electron chi connectivity index (χ3n) is 4.72. The molecule has 10 nitrogen and oxygen atoms in total. The van der Waals surface area contributed by atoms with Crippen molar-refractivity contribution in [2.45, 2.75) is 12.1 Å². The summed E-state index contributed by atoms with van der Waals surface area (Å²) in [6, 6.07) is 12.7. The molecule has 0 aliphatic rings. The molecule has 0 amide bonds. The Hall–Kier alpha value is -4.09. The largest absolute Gasteiger partial charge is 0.496 e. The summed E-state index contributed by atoms with van der Waals surface area (Å²) in [7, 11) is 1.48. The minimum absolute atomic E-state index is 0.0309. The molecule has 0 aliphatic heterocycles. The summed E-state index contributed by atoms with van der Waals surface area (Å²) in [5, 5.41) is 29.3. The molecule has 35 heavy (non-hydrogen) atoms. The number of furan rings is 1. The Balaban J connectivity index is 1.61. The minimum atomic E-state index is -1.26. The highest BCUT2D eigenvalue weighted by atomic mass is 35.5. The lowest BCUT2D eigenvalue weighted by Gasteiger charge is -2.04. The number of methoxy groups -OCH3 is 1. The van der Waals surface area contributed by atoms with Crippen molar-refractivity contribution in [1.29, 1.82) is 0 Å². The number of nitro groups is 1. The van der Waals surface area contributed by atoms with Gasteiger partial charge in [0.15, 0.2) is 0 Å². The van der Waals surface area contributed by atoms with Crippen molar-refractivity contribution in [3.63, 3.8) is 0 Å². The highest BCUT2D eigenvalue weighted by molar-refractivity contribution is 8.03. The van der Waals surface area contributed by atoms with Crippen LogP contribution >= 0.6 is 23.4 Å². The maximum absolute atomic E-state index is 11.8. The van der Waals surface area contributed by atoms with E-state index in [9.17, 15) is 20.0 Å². The Morgan fingerprint density at radius 2 is 1.94 bits per heavy atom. The number of halogens is 1. The SMILES string of the molecule is COc1ccc(Cl)cc1-c1nnc(S/C(=C\c2ccc(-c3ccc(C)cc3[N+](=O)[O-])o2)C(=O)O)o1. The molecule has 0 saturated heterocycles. The normalized spacial score (nSPS) is 11.5. The standard InChI is InChI=1S/C23H16ClN3O7S/c1-12-3-6-15(17(9-12)27(30)31)19-8-5-14(33-19)11-20(22(28)29)35-23-26-25-21(34-23)16-10-13(24)4-7-18(16)32-2/h3-11H,1-2H3,(H,28,29)/b20-11-. The van der Waals surface area contributed by atoms with Crippen LogP contribution in [0.25, 0.3) is 28.9 Å². The van der Waals surface area contributed by atoms with Gasteiger partial charge < -0.3 is 18.7 Å². The molecule has 0 atom stereocenters. The van der Waals surface area contributed by atoms with Crippen LogP contribution in [0.5, 0.6) is 5.75 Å². The van der Waals surface area contributed by atoms with Crippen LogP contribution < -0.4 is 4.74 Å². The number of hydrogen-bond donors (Lipinski definition) is 1. The highest BCUT2D eigenvalue weighted by Crippen LogP contribution is 2.36. The predicted octanol–water partition coefficient (Wildman–Crippen LogP) is 6.09. The Morgan fingerprint density at radius 1 is 1.14 bits per heavy atom. The first-order valence-corrected chi connectivity index (χ1v) is 11.1. The van der Waals surface area contributed by atoms with Crippen LogP contribution in [0.2, 0.25) is 5.02 Å². The third-order valence-corrected chi connectivity index (χ3v) is 5.81. The molecule has 4 aromatic rings. The summed E-state index contributed by atoms with van der Waals surface area (Å²) < 4.78 is 16.6. The van der Waals surface area contributed by atoms with Gasteiger partial charge in [0, 0.05) is 17.2 Å². The molecule has 0 radical (unpaired) electrons. The van der Waals surface area contributed by atoms with E-state index in [2.05, 4.69) is 10.2 Å². The Morgan fingerprint density at radius 3 is 2.66 bits per heavy atom. The van der Waals surface area contributed by atoms with E-state index in [-0.39, 0.29) is 38.8 Å². The fourth-order valence-corrected chi connectivity index (χ4v) is 3.97. The van der Waals surface area contributed by atoms with Crippen molar-refractivity contribution in [3.05, 3.63) is 79.9 Å². The van der Waals surface area contributed by atoms with Crippen LogP contribution in [-0.2, 0) is 4.79 Å². The van der Waals surface area contributed by atoms with Gasteiger partial charge in [0.05, 0.1) is 23.2 Å². The van der Waals surface area contributed by atoms with E-state index < -0.39 is 10.9 Å². The van der Waals surface area contributed by atoms with Crippen molar-refractivity contribution < 1.29 is 28.4 Å². The van der Waals surface area contributed by atoms with Crippen LogP contribution in [0, 0.1) is 17.0 Å². The molecular weight excluding hydrogens is 498 g/mol. The van der Waals surface area contributed by atoms with E-state index in [1.807, 2.05) is 0 Å². The molecule has 4 rings (SSSR count). The zero-order chi connectivity index (χ0) is 25.1. The van der Waals surface area contributed by atoms with Gasteiger partial charge >= 0.3 is 5.97 Å². The number of carbonyl (C=O) groups is 1. The quantitative estimate of drug-likeness (QED) is 0.127. The average Bonchev–Trinajstić information content (AvgIpc) is 3.48. The maximum Gasteiger partial charge on any atom is 0.342 e. The molecule has 0 fully saturated rings. The Bertz CT molecular complexity index is 1460. The van der Waals surface area contributed by atoms with Crippen LogP contribution in [0.4, 0.5) is 5.69 Å². The van der Waals surface area contributed by atoms with Gasteiger partial charge in [0.1, 0.15) is 22.2 Å². The number of ether oxygens (including phenoxy) is 1. The topological polar surface area (TPSA) is 142 Å². The van der Waals surface area contributed by atoms with Gasteiger partial charge in [-0.1, -0.05) is 17.7 Å². The Labute approximate surface area is 207 Å². The maximum atomic E-state index is 11.8. The van der Waals surface area contributed by atoms with Gasteiger partial charge in [-0.05, 0) is 60.6 Å². The molecule has 178 valence electrons. The van der Waals surface area contributed by atoms with Gasteiger partial charge in [-0.15, -0.1) is 10.2 Å². The zero-order valence-corrected chi connectivity index (χ0v) is 19.8. The number of aliphatic carboxylic acids is 1. The molecular formula is C23H16ClN3O7S. The Kier molecular flexibility index (Phi) is 6.90. The highest BCUT2D eigenvalue weighted by Gasteiger charge is 2.21. The predicted molar refractivity (Wildman–Crippen MR) is 128 cm³/mol. The number of carboxylic acids is 1. The second-order valence-corrected chi connectivity index (χ2v) is 8.54. The summed E-state index contributed by atoms with van der Waals surface area (Å²) in [5.41, 5.74) is 1.35. The van der Waals surface area contributed by atoms with Crippen molar-refractivity contribution in [2.75, 3.05) is 7.11 Å². The van der Waals surface area contributed by atoms with E-state index >= 15 is 0 Å². The van der Waals surface area contributed by atoms with Crippen LogP contribution in [0.1, 0.15) is 11.3 Å². The van der Waals surface area contributed by atoms with Crippen LogP contribution in [0.3, 0.4) is 0 Å². The fourth-order valence-electron chi connectivity index (χ4n) is 3.14. The summed E-state index contributed by atoms with van der Waals surface area (Å²) in [4.78, 5) is 22.6. The number of benzene rings is 2. The van der Waals surface area contributed by atoms with Crippen LogP contribution in [0.15, 0.2) is 67.5 Å². The molecule has 0 aliphatic carbocycles. The summed E-state index contributed by atoms with van der Waals surface area (Å²) >= 11 is 6.76. The molecule has 0 spiro atoms. The summed E-state index contributed by atoms with van der Waals surface area (Å²) in [5.74, 6) is -0.295. The van der Waals surface area contributed by atoms with Gasteiger partial charge in [-0.25, -0.2) is 4.79 Å². The van der Waals surface area contributed by atoms with Gasteiger partial charge in [0.2, 0.25) is 0 Å². The lowest BCUT2D eigenvalue weighted by molar-refractivity contribution is -0.384. The molecule has 12 heteroatoms. The lowest BCUT2D eigenvalue weighted by Crippen LogP contribution is -1.96. The number of hydrogen-bond acceptors (Lipinski definition) is 9.